The Bertz CT molecular complexity index is 858. The molecule has 2 N–H and O–H groups in total. The van der Waals surface area contributed by atoms with Gasteiger partial charge >= 0.3 is 6.18 Å². The van der Waals surface area contributed by atoms with Crippen LogP contribution in [0.2, 0.25) is 0 Å². The van der Waals surface area contributed by atoms with Crippen LogP contribution in [-0.4, -0.2) is 28.2 Å². The number of benzene rings is 1. The summed E-state index contributed by atoms with van der Waals surface area (Å²) in [7, 11) is 0. The van der Waals surface area contributed by atoms with Gasteiger partial charge in [-0.15, -0.1) is 0 Å². The highest BCUT2D eigenvalue weighted by molar-refractivity contribution is 5.94. The van der Waals surface area contributed by atoms with E-state index in [4.69, 9.17) is 0 Å². The van der Waals surface area contributed by atoms with Crippen molar-refractivity contribution in [3.05, 3.63) is 65.2 Å². The van der Waals surface area contributed by atoms with Gasteiger partial charge in [-0.3, -0.25) is 9.78 Å². The summed E-state index contributed by atoms with van der Waals surface area (Å²) in [5.74, 6) is -0.710. The molecule has 1 atom stereocenters. The van der Waals surface area contributed by atoms with Gasteiger partial charge in [0.25, 0.3) is 5.91 Å². The standard InChI is InChI=1S/C21H22F4N2O2/c1-20(29,21(23,24)25)15-8-4-14(5-9-15)19(28)27-16-10-6-13(7-11-16)18-17(22)3-2-12-26-18/h2-5,8-9,12-13,16,29H,6-7,10-11H2,1H3,(H,27,28)/t13?,16?,20-/m0/s1. The molecule has 0 bridgehead atoms. The predicted molar refractivity (Wildman–Crippen MR) is 98.7 cm³/mol. The SMILES string of the molecule is C[C@](O)(c1ccc(C(=O)NC2CCC(c3ncccc3F)CC2)cc1)C(F)(F)F. The first-order valence-corrected chi connectivity index (χ1v) is 9.40. The van der Waals surface area contributed by atoms with E-state index >= 15 is 0 Å². The van der Waals surface area contributed by atoms with Crippen molar-refractivity contribution in [2.75, 3.05) is 0 Å². The molecule has 1 aliphatic rings. The Hall–Kier alpha value is -2.48. The number of pyridine rings is 1. The molecule has 0 spiro atoms. The van der Waals surface area contributed by atoms with Crippen molar-refractivity contribution in [1.29, 1.82) is 0 Å². The van der Waals surface area contributed by atoms with E-state index in [0.717, 1.165) is 12.1 Å². The number of alkyl halides is 3. The Labute approximate surface area is 166 Å². The maximum absolute atomic E-state index is 13.9. The van der Waals surface area contributed by atoms with Crippen LogP contribution in [0, 0.1) is 5.82 Å². The second-order valence-electron chi connectivity index (χ2n) is 7.54. The molecule has 0 radical (unpaired) electrons. The lowest BCUT2D eigenvalue weighted by molar-refractivity contribution is -0.258. The van der Waals surface area contributed by atoms with E-state index in [0.29, 0.717) is 38.3 Å². The first-order chi connectivity index (χ1) is 13.6. The number of amides is 1. The summed E-state index contributed by atoms with van der Waals surface area (Å²) >= 11 is 0. The van der Waals surface area contributed by atoms with Gasteiger partial charge in [-0.25, -0.2) is 4.39 Å². The average molecular weight is 410 g/mol. The molecule has 3 rings (SSSR count). The third-order valence-electron chi connectivity index (χ3n) is 5.50. The van der Waals surface area contributed by atoms with Crippen molar-refractivity contribution in [2.45, 2.75) is 56.3 Å². The first kappa shape index (κ1) is 21.2. The lowest BCUT2D eigenvalue weighted by atomic mass is 9.83. The number of carbonyl (C=O) groups is 1. The number of aromatic nitrogens is 1. The number of rotatable bonds is 4. The van der Waals surface area contributed by atoms with E-state index in [9.17, 15) is 27.5 Å². The van der Waals surface area contributed by atoms with Gasteiger partial charge in [-0.1, -0.05) is 12.1 Å². The molecule has 156 valence electrons. The fourth-order valence-electron chi connectivity index (χ4n) is 3.59. The summed E-state index contributed by atoms with van der Waals surface area (Å²) in [6.07, 6.45) is -0.562. The highest BCUT2D eigenvalue weighted by atomic mass is 19.4. The third kappa shape index (κ3) is 4.58. The highest BCUT2D eigenvalue weighted by Gasteiger charge is 2.51. The summed E-state index contributed by atoms with van der Waals surface area (Å²) in [6.45, 7) is 0.672. The minimum Gasteiger partial charge on any atom is -0.376 e. The van der Waals surface area contributed by atoms with E-state index in [1.807, 2.05) is 0 Å². The van der Waals surface area contributed by atoms with E-state index in [1.165, 1.54) is 18.2 Å². The molecule has 8 heteroatoms. The van der Waals surface area contributed by atoms with Crippen LogP contribution in [0.25, 0.3) is 0 Å². The molecule has 0 saturated heterocycles. The highest BCUT2D eigenvalue weighted by Crippen LogP contribution is 2.38. The third-order valence-corrected chi connectivity index (χ3v) is 5.50. The first-order valence-electron chi connectivity index (χ1n) is 9.40. The number of nitrogens with zero attached hydrogens (tertiary/aromatic N) is 1. The maximum Gasteiger partial charge on any atom is 0.421 e. The summed E-state index contributed by atoms with van der Waals surface area (Å²) in [6, 6.07) is 7.56. The molecule has 0 aliphatic heterocycles. The van der Waals surface area contributed by atoms with E-state index in [-0.39, 0.29) is 28.9 Å². The number of aliphatic hydroxyl groups is 1. The van der Waals surface area contributed by atoms with Crippen molar-refractivity contribution in [3.63, 3.8) is 0 Å². The average Bonchev–Trinajstić information content (AvgIpc) is 2.68. The maximum atomic E-state index is 13.9. The monoisotopic (exact) mass is 410 g/mol. The Morgan fingerprint density at radius 1 is 1.10 bits per heavy atom. The summed E-state index contributed by atoms with van der Waals surface area (Å²) in [4.78, 5) is 16.5. The van der Waals surface area contributed by atoms with Crippen LogP contribution < -0.4 is 5.32 Å². The fraction of sp³-hybridized carbons (Fsp3) is 0.429. The van der Waals surface area contributed by atoms with Crippen LogP contribution in [-0.2, 0) is 5.60 Å². The smallest absolute Gasteiger partial charge is 0.376 e. The zero-order valence-corrected chi connectivity index (χ0v) is 15.8. The summed E-state index contributed by atoms with van der Waals surface area (Å²) in [5, 5.41) is 12.6. The molecule has 1 aromatic carbocycles. The largest absolute Gasteiger partial charge is 0.421 e. The summed E-state index contributed by atoms with van der Waals surface area (Å²) in [5.41, 5.74) is -2.66. The fourth-order valence-corrected chi connectivity index (χ4v) is 3.59. The molecule has 1 saturated carbocycles. The minimum atomic E-state index is -4.82. The van der Waals surface area contributed by atoms with Crippen LogP contribution in [0.5, 0.6) is 0 Å². The second kappa shape index (κ2) is 8.10. The number of hydrogen-bond donors (Lipinski definition) is 2. The Kier molecular flexibility index (Phi) is 5.93. The number of nitrogens with one attached hydrogen (secondary N) is 1. The molecule has 1 aromatic heterocycles. The van der Waals surface area contributed by atoms with Crippen molar-refractivity contribution >= 4 is 5.91 Å². The van der Waals surface area contributed by atoms with Gasteiger partial charge in [0.15, 0.2) is 5.60 Å². The molecular weight excluding hydrogens is 388 g/mol. The van der Waals surface area contributed by atoms with Crippen LogP contribution in [0.15, 0.2) is 42.6 Å². The summed E-state index contributed by atoms with van der Waals surface area (Å²) < 4.78 is 52.6. The zero-order chi connectivity index (χ0) is 21.2. The van der Waals surface area contributed by atoms with Crippen molar-refractivity contribution in [3.8, 4) is 0 Å². The molecule has 29 heavy (non-hydrogen) atoms. The normalized spacial score (nSPS) is 22.0. The quantitative estimate of drug-likeness (QED) is 0.733. The van der Waals surface area contributed by atoms with Gasteiger partial charge in [0.05, 0.1) is 5.69 Å². The number of carbonyl (C=O) groups excluding carboxylic acids is 1. The lowest BCUT2D eigenvalue weighted by Crippen LogP contribution is -2.39. The molecule has 2 aromatic rings. The Balaban J connectivity index is 1.58. The van der Waals surface area contributed by atoms with E-state index < -0.39 is 17.7 Å². The number of halogens is 4. The van der Waals surface area contributed by atoms with Crippen LogP contribution in [0.4, 0.5) is 17.6 Å². The molecular formula is C21H22F4N2O2. The van der Waals surface area contributed by atoms with Gasteiger partial charge in [-0.2, -0.15) is 13.2 Å². The minimum absolute atomic E-state index is 0.00763. The Morgan fingerprint density at radius 2 is 1.72 bits per heavy atom. The van der Waals surface area contributed by atoms with Crippen LogP contribution in [0.3, 0.4) is 0 Å². The topological polar surface area (TPSA) is 62.2 Å². The van der Waals surface area contributed by atoms with Gasteiger partial charge < -0.3 is 10.4 Å². The van der Waals surface area contributed by atoms with Gasteiger partial charge in [0, 0.05) is 23.7 Å². The van der Waals surface area contributed by atoms with Gasteiger partial charge in [0.1, 0.15) is 5.82 Å². The number of hydrogen-bond acceptors (Lipinski definition) is 3. The van der Waals surface area contributed by atoms with Gasteiger partial charge in [0.2, 0.25) is 0 Å². The van der Waals surface area contributed by atoms with Crippen molar-refractivity contribution in [1.82, 2.24) is 10.3 Å². The lowest BCUT2D eigenvalue weighted by Gasteiger charge is -2.29. The Morgan fingerprint density at radius 3 is 2.28 bits per heavy atom. The molecule has 4 nitrogen and oxygen atoms in total. The van der Waals surface area contributed by atoms with Gasteiger partial charge in [-0.05, 0) is 62.4 Å². The molecule has 1 fully saturated rings. The molecule has 1 amide bonds. The van der Waals surface area contributed by atoms with Crippen molar-refractivity contribution < 1.29 is 27.5 Å². The van der Waals surface area contributed by atoms with Crippen LogP contribution in [0.1, 0.15) is 60.1 Å². The van der Waals surface area contributed by atoms with Crippen molar-refractivity contribution in [2.24, 2.45) is 0 Å². The second-order valence-corrected chi connectivity index (χ2v) is 7.54. The zero-order valence-electron chi connectivity index (χ0n) is 15.8. The van der Waals surface area contributed by atoms with E-state index in [2.05, 4.69) is 10.3 Å². The van der Waals surface area contributed by atoms with Crippen LogP contribution >= 0.6 is 0 Å². The molecule has 0 unspecified atom stereocenters. The van der Waals surface area contributed by atoms with E-state index in [1.54, 1.807) is 12.3 Å². The molecule has 1 heterocycles. The molecule has 1 aliphatic carbocycles. The predicted octanol–water partition coefficient (Wildman–Crippen LogP) is 4.45.